The van der Waals surface area contributed by atoms with Gasteiger partial charge >= 0.3 is 0 Å². The van der Waals surface area contributed by atoms with Crippen molar-refractivity contribution in [2.75, 3.05) is 3.93 Å². The average Bonchev–Trinajstić information content (AvgIpc) is 3.42. The molecule has 0 amide bonds. The first-order valence-corrected chi connectivity index (χ1v) is 13.9. The van der Waals surface area contributed by atoms with E-state index in [4.69, 9.17) is 0 Å². The summed E-state index contributed by atoms with van der Waals surface area (Å²) in [4.78, 5) is 0. The van der Waals surface area contributed by atoms with E-state index in [0.717, 1.165) is 12.8 Å². The molecule has 2 unspecified atom stereocenters. The summed E-state index contributed by atoms with van der Waals surface area (Å²) < 4.78 is 3.51. The minimum atomic E-state index is 0.263. The molecule has 1 aliphatic heterocycles. The highest BCUT2D eigenvalue weighted by Crippen LogP contribution is 2.55. The largest absolute Gasteiger partial charge is 0.297 e. The summed E-state index contributed by atoms with van der Waals surface area (Å²) in [5.41, 5.74) is 16.8. The number of anilines is 1. The number of rotatable bonds is 4. The quantitative estimate of drug-likeness (QED) is 0.275. The number of hydrogen-bond donors (Lipinski definition) is 0. The second kappa shape index (κ2) is 8.64. The van der Waals surface area contributed by atoms with Gasteiger partial charge in [0.1, 0.15) is 0 Å². The summed E-state index contributed by atoms with van der Waals surface area (Å²) in [6.45, 7) is 9.12. The Morgan fingerprint density at radius 2 is 1.69 bits per heavy atom. The van der Waals surface area contributed by atoms with Gasteiger partial charge in [-0.3, -0.25) is 3.93 Å². The number of nitrogens with zero attached hydrogens (tertiary/aromatic N) is 1. The fourth-order valence-electron chi connectivity index (χ4n) is 6.30. The Labute approximate surface area is 225 Å². The van der Waals surface area contributed by atoms with Gasteiger partial charge in [0.25, 0.3) is 0 Å². The summed E-state index contributed by atoms with van der Waals surface area (Å²) in [6, 6.07) is 22.6. The Balaban J connectivity index is 1.39. The first kappa shape index (κ1) is 23.1. The van der Waals surface area contributed by atoms with Gasteiger partial charge in [-0.15, -0.1) is 0 Å². The van der Waals surface area contributed by atoms with Gasteiger partial charge < -0.3 is 0 Å². The maximum Gasteiger partial charge on any atom is 0.0882 e. The Morgan fingerprint density at radius 3 is 2.46 bits per heavy atom. The number of fused-ring (bicyclic) bond motifs is 4. The van der Waals surface area contributed by atoms with E-state index in [2.05, 4.69) is 130 Å². The van der Waals surface area contributed by atoms with Crippen LogP contribution in [0.1, 0.15) is 66.5 Å². The molecule has 3 heteroatoms. The lowest BCUT2D eigenvalue weighted by Gasteiger charge is -2.20. The van der Waals surface area contributed by atoms with Gasteiger partial charge in [0.05, 0.1) is 27.9 Å². The number of allylic oxidation sites excluding steroid dienone is 3. The second-order valence-corrected chi connectivity index (χ2v) is 11.8. The van der Waals surface area contributed by atoms with Gasteiger partial charge in [-0.2, -0.15) is 0 Å². The van der Waals surface area contributed by atoms with Crippen LogP contribution in [0, 0.1) is 6.92 Å². The van der Waals surface area contributed by atoms with E-state index in [0.29, 0.717) is 5.92 Å². The van der Waals surface area contributed by atoms with Crippen LogP contribution in [0.5, 0.6) is 0 Å². The van der Waals surface area contributed by atoms with Crippen LogP contribution in [-0.2, 0) is 6.42 Å². The molecule has 2 atom stereocenters. The molecule has 3 aromatic rings. The molecule has 0 N–H and O–H groups in total. The molecule has 1 nitrogen and oxygen atoms in total. The molecular formula is C32H29Br2N. The van der Waals surface area contributed by atoms with Crippen LogP contribution in [0.3, 0.4) is 0 Å². The van der Waals surface area contributed by atoms with Gasteiger partial charge in [-0.25, -0.2) is 0 Å². The first-order valence-electron chi connectivity index (χ1n) is 12.4. The fourth-order valence-corrected chi connectivity index (χ4v) is 7.61. The molecule has 0 saturated heterocycles. The molecule has 1 heterocycles. The van der Waals surface area contributed by atoms with Crippen molar-refractivity contribution in [3.8, 4) is 0 Å². The number of hydrogen-bond acceptors (Lipinski definition) is 1. The van der Waals surface area contributed by atoms with E-state index in [9.17, 15) is 0 Å². The Hall–Kier alpha value is -2.36. The van der Waals surface area contributed by atoms with Crippen molar-refractivity contribution in [3.05, 3.63) is 115 Å². The predicted molar refractivity (Wildman–Crippen MR) is 157 cm³/mol. The van der Waals surface area contributed by atoms with Crippen LogP contribution >= 0.6 is 32.1 Å². The van der Waals surface area contributed by atoms with Crippen molar-refractivity contribution in [2.24, 2.45) is 0 Å². The van der Waals surface area contributed by atoms with Crippen LogP contribution in [0.4, 0.5) is 5.69 Å². The lowest BCUT2D eigenvalue weighted by atomic mass is 9.87. The number of halogens is 2. The van der Waals surface area contributed by atoms with E-state index in [1.807, 2.05) is 0 Å². The highest BCUT2D eigenvalue weighted by atomic mass is 79.9. The zero-order chi connectivity index (χ0) is 24.4. The summed E-state index contributed by atoms with van der Waals surface area (Å²) in [5.74, 6) is 0.493. The minimum Gasteiger partial charge on any atom is -0.297 e. The fraction of sp³-hybridized carbons (Fsp3) is 0.250. The third-order valence-electron chi connectivity index (χ3n) is 8.27. The topological polar surface area (TPSA) is 3.24 Å². The van der Waals surface area contributed by atoms with Crippen LogP contribution in [0.2, 0.25) is 0 Å². The molecule has 6 rings (SSSR count). The summed E-state index contributed by atoms with van der Waals surface area (Å²) >= 11 is 7.70. The van der Waals surface area contributed by atoms with E-state index in [1.54, 1.807) is 0 Å². The van der Waals surface area contributed by atoms with Gasteiger partial charge in [0.15, 0.2) is 0 Å². The number of benzene rings is 3. The summed E-state index contributed by atoms with van der Waals surface area (Å²) in [5, 5.41) is 0. The SMILES string of the molecule is CC1=Cc2c(Br)cccc2C1CCc1cc2c(cc1C)N(Br)C1C(C)=C(C)C(c3ccccc3)=C21. The molecule has 3 aromatic carbocycles. The van der Waals surface area contributed by atoms with Crippen LogP contribution in [-0.4, -0.2) is 6.04 Å². The molecule has 0 spiro atoms. The monoisotopic (exact) mass is 585 g/mol. The molecule has 2 aliphatic carbocycles. The summed E-state index contributed by atoms with van der Waals surface area (Å²) in [6.07, 6.45) is 4.57. The minimum absolute atomic E-state index is 0.263. The van der Waals surface area contributed by atoms with E-state index < -0.39 is 0 Å². The van der Waals surface area contributed by atoms with Gasteiger partial charge in [-0.1, -0.05) is 70.0 Å². The molecular weight excluding hydrogens is 558 g/mol. The third kappa shape index (κ3) is 3.54. The van der Waals surface area contributed by atoms with Crippen molar-refractivity contribution in [3.63, 3.8) is 0 Å². The Morgan fingerprint density at radius 1 is 0.914 bits per heavy atom. The molecule has 0 radical (unpaired) electrons. The zero-order valence-electron chi connectivity index (χ0n) is 20.6. The molecule has 0 bridgehead atoms. The highest BCUT2D eigenvalue weighted by Gasteiger charge is 2.41. The van der Waals surface area contributed by atoms with Gasteiger partial charge in [-0.05, 0) is 109 Å². The summed E-state index contributed by atoms with van der Waals surface area (Å²) in [7, 11) is 0. The maximum atomic E-state index is 3.95. The molecule has 176 valence electrons. The van der Waals surface area contributed by atoms with Crippen LogP contribution in [0.15, 0.2) is 81.9 Å². The molecule has 3 aliphatic rings. The standard InChI is InChI=1S/C32H29Br2N/c1-18-16-29-27(17-23(18)13-14-24-19(2)15-26-25(24)11-8-12-28(26)33)31-30(22-9-6-5-7-10-22)20(3)21(4)32(31)35(29)34/h5-12,15-17,24,32H,13-14H2,1-4H3. The Kier molecular flexibility index (Phi) is 5.69. The zero-order valence-corrected chi connectivity index (χ0v) is 23.8. The van der Waals surface area contributed by atoms with Crippen molar-refractivity contribution >= 4 is 55.0 Å². The highest BCUT2D eigenvalue weighted by molar-refractivity contribution is 9.10. The number of aryl methyl sites for hydroxylation is 2. The van der Waals surface area contributed by atoms with Crippen molar-refractivity contribution in [1.82, 2.24) is 0 Å². The van der Waals surface area contributed by atoms with Crippen molar-refractivity contribution < 1.29 is 0 Å². The smallest absolute Gasteiger partial charge is 0.0882 e. The van der Waals surface area contributed by atoms with Crippen LogP contribution in [0.25, 0.3) is 17.2 Å². The van der Waals surface area contributed by atoms with Crippen molar-refractivity contribution in [1.29, 1.82) is 0 Å². The molecule has 0 saturated carbocycles. The molecule has 0 aromatic heterocycles. The van der Waals surface area contributed by atoms with Gasteiger partial charge in [0, 0.05) is 16.0 Å². The lowest BCUT2D eigenvalue weighted by Crippen LogP contribution is -2.21. The average molecular weight is 587 g/mol. The lowest BCUT2D eigenvalue weighted by molar-refractivity contribution is 0.712. The predicted octanol–water partition coefficient (Wildman–Crippen LogP) is 9.65. The maximum absolute atomic E-state index is 3.95. The third-order valence-corrected chi connectivity index (χ3v) is 9.75. The van der Waals surface area contributed by atoms with Crippen LogP contribution < -0.4 is 3.93 Å². The Bertz CT molecular complexity index is 1460. The van der Waals surface area contributed by atoms with E-state index in [1.165, 1.54) is 71.4 Å². The normalized spacial score (nSPS) is 20.4. The van der Waals surface area contributed by atoms with Crippen molar-refractivity contribution in [2.45, 2.75) is 52.5 Å². The molecule has 35 heavy (non-hydrogen) atoms. The van der Waals surface area contributed by atoms with E-state index in [-0.39, 0.29) is 6.04 Å². The molecule has 0 fully saturated rings. The van der Waals surface area contributed by atoms with E-state index >= 15 is 0 Å². The second-order valence-electron chi connectivity index (χ2n) is 10.2. The van der Waals surface area contributed by atoms with Gasteiger partial charge in [0.2, 0.25) is 0 Å². The first-order chi connectivity index (χ1) is 16.9.